The standard InChI is InChI=1S/C21H22N4OS/c1-15-8-11-27-20(15)21-23-19(16(2)26-21)14-24(3)13-17-6-4-7-18(12-17)25-10-5-9-22-25/h4-12H,13-14H2,1-3H3. The van der Waals surface area contributed by atoms with Crippen molar-refractivity contribution in [1.29, 1.82) is 0 Å². The molecule has 6 heteroatoms. The van der Waals surface area contributed by atoms with Gasteiger partial charge in [-0.25, -0.2) is 9.67 Å². The molecule has 4 aromatic rings. The fraction of sp³-hybridized carbons (Fsp3) is 0.238. The molecule has 0 N–H and O–H groups in total. The second kappa shape index (κ2) is 7.50. The lowest BCUT2D eigenvalue weighted by molar-refractivity contribution is 0.313. The normalized spacial score (nSPS) is 11.4. The van der Waals surface area contributed by atoms with Gasteiger partial charge in [0.2, 0.25) is 5.89 Å². The van der Waals surface area contributed by atoms with Gasteiger partial charge in [-0.3, -0.25) is 4.90 Å². The summed E-state index contributed by atoms with van der Waals surface area (Å²) in [6, 6.07) is 12.5. The van der Waals surface area contributed by atoms with E-state index in [2.05, 4.69) is 59.7 Å². The highest BCUT2D eigenvalue weighted by Crippen LogP contribution is 2.30. The summed E-state index contributed by atoms with van der Waals surface area (Å²) in [7, 11) is 2.10. The minimum atomic E-state index is 0.726. The zero-order valence-electron chi connectivity index (χ0n) is 15.7. The molecule has 3 aromatic heterocycles. The van der Waals surface area contributed by atoms with Crippen LogP contribution in [-0.4, -0.2) is 26.7 Å². The van der Waals surface area contributed by atoms with Crippen LogP contribution in [0.1, 0.15) is 22.6 Å². The minimum Gasteiger partial charge on any atom is -0.440 e. The summed E-state index contributed by atoms with van der Waals surface area (Å²) in [4.78, 5) is 8.10. The predicted molar refractivity (Wildman–Crippen MR) is 108 cm³/mol. The van der Waals surface area contributed by atoms with Crippen LogP contribution in [0.5, 0.6) is 0 Å². The van der Waals surface area contributed by atoms with Gasteiger partial charge in [0.05, 0.1) is 16.3 Å². The van der Waals surface area contributed by atoms with Crippen molar-refractivity contribution in [1.82, 2.24) is 19.7 Å². The molecule has 138 valence electrons. The zero-order chi connectivity index (χ0) is 18.8. The first-order valence-electron chi connectivity index (χ1n) is 8.88. The fourth-order valence-corrected chi connectivity index (χ4v) is 3.96. The van der Waals surface area contributed by atoms with E-state index >= 15 is 0 Å². The van der Waals surface area contributed by atoms with Gasteiger partial charge >= 0.3 is 0 Å². The molecule has 0 fully saturated rings. The Morgan fingerprint density at radius 2 is 2.04 bits per heavy atom. The van der Waals surface area contributed by atoms with Crippen LogP contribution in [0, 0.1) is 13.8 Å². The second-order valence-electron chi connectivity index (χ2n) is 6.75. The first-order chi connectivity index (χ1) is 13.1. The second-order valence-corrected chi connectivity index (χ2v) is 7.66. The fourth-order valence-electron chi connectivity index (χ4n) is 3.11. The van der Waals surface area contributed by atoms with Gasteiger partial charge in [-0.2, -0.15) is 5.10 Å². The molecule has 0 aliphatic rings. The molecule has 0 amide bonds. The first-order valence-corrected chi connectivity index (χ1v) is 9.76. The van der Waals surface area contributed by atoms with Gasteiger partial charge in [0.25, 0.3) is 0 Å². The van der Waals surface area contributed by atoms with Gasteiger partial charge in [0.15, 0.2) is 0 Å². The summed E-state index contributed by atoms with van der Waals surface area (Å²) >= 11 is 1.67. The molecule has 3 heterocycles. The van der Waals surface area contributed by atoms with Crippen LogP contribution in [0.15, 0.2) is 58.6 Å². The number of oxazole rings is 1. The monoisotopic (exact) mass is 378 g/mol. The van der Waals surface area contributed by atoms with Crippen LogP contribution in [0.25, 0.3) is 16.5 Å². The molecule has 0 saturated heterocycles. The number of aromatic nitrogens is 3. The first kappa shape index (κ1) is 17.7. The van der Waals surface area contributed by atoms with Crippen molar-refractivity contribution in [2.24, 2.45) is 0 Å². The van der Waals surface area contributed by atoms with Crippen molar-refractivity contribution in [3.05, 3.63) is 76.8 Å². The Bertz CT molecular complexity index is 1030. The van der Waals surface area contributed by atoms with E-state index in [1.54, 1.807) is 17.5 Å². The lowest BCUT2D eigenvalue weighted by Crippen LogP contribution is -2.18. The lowest BCUT2D eigenvalue weighted by Gasteiger charge is -2.16. The number of hydrogen-bond donors (Lipinski definition) is 0. The Morgan fingerprint density at radius 1 is 1.15 bits per heavy atom. The van der Waals surface area contributed by atoms with Crippen LogP contribution in [0.2, 0.25) is 0 Å². The largest absolute Gasteiger partial charge is 0.440 e. The SMILES string of the molecule is Cc1ccsc1-c1nc(CN(C)Cc2cccc(-n3cccn3)c2)c(C)o1. The quantitative estimate of drug-likeness (QED) is 0.482. The van der Waals surface area contributed by atoms with Crippen molar-refractivity contribution >= 4 is 11.3 Å². The molecule has 0 spiro atoms. The number of rotatable bonds is 6. The van der Waals surface area contributed by atoms with E-state index in [1.807, 2.05) is 23.9 Å². The Morgan fingerprint density at radius 3 is 2.78 bits per heavy atom. The van der Waals surface area contributed by atoms with Crippen LogP contribution in [0.3, 0.4) is 0 Å². The van der Waals surface area contributed by atoms with E-state index in [4.69, 9.17) is 9.40 Å². The highest BCUT2D eigenvalue weighted by Gasteiger charge is 2.15. The smallest absolute Gasteiger partial charge is 0.237 e. The number of benzene rings is 1. The summed E-state index contributed by atoms with van der Waals surface area (Å²) in [6.45, 7) is 5.64. The molecule has 5 nitrogen and oxygen atoms in total. The highest BCUT2D eigenvalue weighted by molar-refractivity contribution is 7.13. The summed E-state index contributed by atoms with van der Waals surface area (Å²) in [5, 5.41) is 6.37. The van der Waals surface area contributed by atoms with E-state index in [0.29, 0.717) is 0 Å². The maximum absolute atomic E-state index is 5.92. The van der Waals surface area contributed by atoms with Gasteiger partial charge in [-0.15, -0.1) is 11.3 Å². The van der Waals surface area contributed by atoms with Crippen molar-refractivity contribution < 1.29 is 4.42 Å². The number of aryl methyl sites for hydroxylation is 2. The average Bonchev–Trinajstić information content (AvgIpc) is 3.37. The van der Waals surface area contributed by atoms with Crippen molar-refractivity contribution in [3.63, 3.8) is 0 Å². The summed E-state index contributed by atoms with van der Waals surface area (Å²) < 4.78 is 7.80. The van der Waals surface area contributed by atoms with Gasteiger partial charge in [0, 0.05) is 25.5 Å². The van der Waals surface area contributed by atoms with E-state index in [-0.39, 0.29) is 0 Å². The van der Waals surface area contributed by atoms with Crippen molar-refractivity contribution in [2.75, 3.05) is 7.05 Å². The molecule has 0 saturated carbocycles. The Kier molecular flexibility index (Phi) is 4.92. The summed E-state index contributed by atoms with van der Waals surface area (Å²) in [5.74, 6) is 1.61. The third-order valence-electron chi connectivity index (χ3n) is 4.50. The van der Waals surface area contributed by atoms with Gasteiger partial charge in [0.1, 0.15) is 5.76 Å². The minimum absolute atomic E-state index is 0.726. The molecule has 0 aliphatic heterocycles. The van der Waals surface area contributed by atoms with Crippen LogP contribution >= 0.6 is 11.3 Å². The zero-order valence-corrected chi connectivity index (χ0v) is 16.5. The molecule has 1 aromatic carbocycles. The van der Waals surface area contributed by atoms with E-state index in [9.17, 15) is 0 Å². The molecular weight excluding hydrogens is 356 g/mol. The van der Waals surface area contributed by atoms with Crippen molar-refractivity contribution in [2.45, 2.75) is 26.9 Å². The summed E-state index contributed by atoms with van der Waals surface area (Å²) in [6.07, 6.45) is 3.74. The third kappa shape index (κ3) is 3.86. The number of nitrogens with zero attached hydrogens (tertiary/aromatic N) is 4. The highest BCUT2D eigenvalue weighted by atomic mass is 32.1. The van der Waals surface area contributed by atoms with E-state index < -0.39 is 0 Å². The molecule has 0 radical (unpaired) electrons. The van der Waals surface area contributed by atoms with Gasteiger partial charge in [-0.1, -0.05) is 12.1 Å². The maximum atomic E-state index is 5.92. The Hall–Kier alpha value is -2.70. The van der Waals surface area contributed by atoms with Crippen molar-refractivity contribution in [3.8, 4) is 16.5 Å². The third-order valence-corrected chi connectivity index (χ3v) is 5.51. The molecule has 0 atom stereocenters. The number of thiophene rings is 1. The van der Waals surface area contributed by atoms with Crippen LogP contribution < -0.4 is 0 Å². The molecule has 0 bridgehead atoms. The van der Waals surface area contributed by atoms with Crippen LogP contribution in [0.4, 0.5) is 0 Å². The van der Waals surface area contributed by atoms with Gasteiger partial charge < -0.3 is 4.42 Å². The predicted octanol–water partition coefficient (Wildman–Crippen LogP) is 4.84. The van der Waals surface area contributed by atoms with Crippen LogP contribution in [-0.2, 0) is 13.1 Å². The molecule has 4 rings (SSSR count). The molecular formula is C21H22N4OS. The Labute approximate surface area is 162 Å². The van der Waals surface area contributed by atoms with Gasteiger partial charge in [-0.05, 0) is 61.7 Å². The summed E-state index contributed by atoms with van der Waals surface area (Å²) in [5.41, 5.74) is 4.50. The van der Waals surface area contributed by atoms with E-state index in [0.717, 1.165) is 41.0 Å². The topological polar surface area (TPSA) is 47.1 Å². The molecule has 0 aliphatic carbocycles. The molecule has 27 heavy (non-hydrogen) atoms. The Balaban J connectivity index is 1.47. The number of hydrogen-bond acceptors (Lipinski definition) is 5. The maximum Gasteiger partial charge on any atom is 0.237 e. The molecule has 0 unspecified atom stereocenters. The lowest BCUT2D eigenvalue weighted by atomic mass is 10.2. The van der Waals surface area contributed by atoms with E-state index in [1.165, 1.54) is 11.1 Å². The average molecular weight is 379 g/mol.